The molecule has 0 radical (unpaired) electrons. The summed E-state index contributed by atoms with van der Waals surface area (Å²) in [5, 5.41) is 9.70. The molecule has 0 bridgehead atoms. The molecule has 2 aromatic rings. The molecule has 0 unspecified atom stereocenters. The maximum atomic E-state index is 9.70. The maximum Gasteiger partial charge on any atom is 0.0760 e. The quantitative estimate of drug-likeness (QED) is 0.873. The summed E-state index contributed by atoms with van der Waals surface area (Å²) in [5.74, 6) is 0. The van der Waals surface area contributed by atoms with Crippen molar-refractivity contribution in [1.29, 1.82) is 0 Å². The number of hydrogen-bond donors (Lipinski definition) is 1. The second-order valence-electron chi connectivity index (χ2n) is 4.82. The van der Waals surface area contributed by atoms with Gasteiger partial charge in [0.25, 0.3) is 0 Å². The van der Waals surface area contributed by atoms with Crippen LogP contribution in [0.2, 0.25) is 0 Å². The van der Waals surface area contributed by atoms with Crippen molar-refractivity contribution in [1.82, 2.24) is 4.98 Å². The lowest BCUT2D eigenvalue weighted by molar-refractivity contribution is 0.280. The van der Waals surface area contributed by atoms with Gasteiger partial charge in [0.05, 0.1) is 12.3 Å². The van der Waals surface area contributed by atoms with Crippen LogP contribution in [0.4, 0.5) is 0 Å². The number of pyridine rings is 1. The number of aryl methyl sites for hydroxylation is 1. The average Bonchev–Trinajstić information content (AvgIpc) is 2.47. The first-order valence-corrected chi connectivity index (χ1v) is 6.56. The standard InChI is InChI=1S/C16H17NO/c18-11-15-14-9-5-4-8-13(14)10-17-16(15)12-6-2-1-3-7-12/h1-3,6-7,10,18H,4-5,8-9,11H2. The second kappa shape index (κ2) is 4.91. The molecule has 1 aliphatic rings. The molecule has 1 aromatic carbocycles. The number of aliphatic hydroxyl groups excluding tert-OH is 1. The zero-order valence-corrected chi connectivity index (χ0v) is 10.4. The molecular weight excluding hydrogens is 222 g/mol. The van der Waals surface area contributed by atoms with Crippen molar-refractivity contribution in [2.24, 2.45) is 0 Å². The smallest absolute Gasteiger partial charge is 0.0760 e. The zero-order valence-electron chi connectivity index (χ0n) is 10.4. The van der Waals surface area contributed by atoms with Crippen LogP contribution in [-0.4, -0.2) is 10.1 Å². The van der Waals surface area contributed by atoms with Crippen molar-refractivity contribution in [2.45, 2.75) is 32.3 Å². The molecule has 0 aliphatic heterocycles. The predicted octanol–water partition coefficient (Wildman–Crippen LogP) is 3.12. The van der Waals surface area contributed by atoms with Crippen molar-refractivity contribution in [2.75, 3.05) is 0 Å². The lowest BCUT2D eigenvalue weighted by atomic mass is 9.88. The van der Waals surface area contributed by atoms with Crippen LogP contribution in [0.5, 0.6) is 0 Å². The van der Waals surface area contributed by atoms with Gasteiger partial charge in [-0.2, -0.15) is 0 Å². The van der Waals surface area contributed by atoms with Gasteiger partial charge in [0.15, 0.2) is 0 Å². The molecule has 2 heteroatoms. The molecule has 1 aromatic heterocycles. The van der Waals surface area contributed by atoms with E-state index in [1.165, 1.54) is 24.0 Å². The van der Waals surface area contributed by atoms with E-state index >= 15 is 0 Å². The van der Waals surface area contributed by atoms with E-state index in [0.717, 1.165) is 29.7 Å². The van der Waals surface area contributed by atoms with Crippen molar-refractivity contribution in [3.05, 3.63) is 53.2 Å². The molecule has 0 atom stereocenters. The van der Waals surface area contributed by atoms with Gasteiger partial charge in [-0.05, 0) is 36.8 Å². The number of fused-ring (bicyclic) bond motifs is 1. The highest BCUT2D eigenvalue weighted by molar-refractivity contribution is 5.65. The van der Waals surface area contributed by atoms with Gasteiger partial charge in [-0.15, -0.1) is 0 Å². The van der Waals surface area contributed by atoms with E-state index < -0.39 is 0 Å². The van der Waals surface area contributed by atoms with Crippen molar-refractivity contribution in [3.63, 3.8) is 0 Å². The fourth-order valence-corrected chi connectivity index (χ4v) is 2.79. The van der Waals surface area contributed by atoms with E-state index in [0.29, 0.717) is 0 Å². The Balaban J connectivity index is 2.16. The SMILES string of the molecule is OCc1c(-c2ccccc2)ncc2c1CCCC2. The Labute approximate surface area is 107 Å². The first kappa shape index (κ1) is 11.4. The number of hydrogen-bond acceptors (Lipinski definition) is 2. The molecule has 0 spiro atoms. The predicted molar refractivity (Wildman–Crippen MR) is 72.2 cm³/mol. The molecule has 0 saturated heterocycles. The van der Waals surface area contributed by atoms with Gasteiger partial charge in [-0.3, -0.25) is 4.98 Å². The molecule has 0 fully saturated rings. The van der Waals surface area contributed by atoms with Crippen LogP contribution in [0.25, 0.3) is 11.3 Å². The lowest BCUT2D eigenvalue weighted by Gasteiger charge is -2.20. The number of rotatable bonds is 2. The van der Waals surface area contributed by atoms with E-state index in [2.05, 4.69) is 17.1 Å². The largest absolute Gasteiger partial charge is 0.392 e. The Morgan fingerprint density at radius 1 is 1.06 bits per heavy atom. The molecule has 1 heterocycles. The highest BCUT2D eigenvalue weighted by Gasteiger charge is 2.17. The first-order valence-electron chi connectivity index (χ1n) is 6.56. The van der Waals surface area contributed by atoms with Gasteiger partial charge in [0.1, 0.15) is 0 Å². The lowest BCUT2D eigenvalue weighted by Crippen LogP contribution is -2.09. The fourth-order valence-electron chi connectivity index (χ4n) is 2.79. The summed E-state index contributed by atoms with van der Waals surface area (Å²) in [6.45, 7) is 0.0837. The van der Waals surface area contributed by atoms with Crippen LogP contribution in [0.1, 0.15) is 29.5 Å². The molecule has 1 N–H and O–H groups in total. The topological polar surface area (TPSA) is 33.1 Å². The van der Waals surface area contributed by atoms with Gasteiger partial charge in [-0.25, -0.2) is 0 Å². The molecule has 3 rings (SSSR count). The molecule has 18 heavy (non-hydrogen) atoms. The van der Waals surface area contributed by atoms with Gasteiger partial charge in [0.2, 0.25) is 0 Å². The van der Waals surface area contributed by atoms with Gasteiger partial charge in [-0.1, -0.05) is 30.3 Å². The summed E-state index contributed by atoms with van der Waals surface area (Å²) in [4.78, 5) is 4.57. The summed E-state index contributed by atoms with van der Waals surface area (Å²) in [5.41, 5.74) is 5.72. The van der Waals surface area contributed by atoms with Crippen molar-refractivity contribution < 1.29 is 5.11 Å². The van der Waals surface area contributed by atoms with E-state index in [9.17, 15) is 5.11 Å². The molecule has 0 amide bonds. The summed E-state index contributed by atoms with van der Waals surface area (Å²) in [6, 6.07) is 10.1. The second-order valence-corrected chi connectivity index (χ2v) is 4.82. The number of nitrogens with zero attached hydrogens (tertiary/aromatic N) is 1. The van der Waals surface area contributed by atoms with E-state index in [-0.39, 0.29) is 6.61 Å². The van der Waals surface area contributed by atoms with Gasteiger partial charge < -0.3 is 5.11 Å². The van der Waals surface area contributed by atoms with Crippen LogP contribution in [0.3, 0.4) is 0 Å². The van der Waals surface area contributed by atoms with Crippen LogP contribution in [-0.2, 0) is 19.4 Å². The van der Waals surface area contributed by atoms with E-state index in [4.69, 9.17) is 0 Å². The summed E-state index contributed by atoms with van der Waals surface area (Å²) < 4.78 is 0. The third-order valence-corrected chi connectivity index (χ3v) is 3.72. The Kier molecular flexibility index (Phi) is 3.11. The average molecular weight is 239 g/mol. The van der Waals surface area contributed by atoms with Crippen LogP contribution < -0.4 is 0 Å². The minimum absolute atomic E-state index is 0.0837. The molecule has 0 saturated carbocycles. The molecular formula is C16H17NO. The minimum Gasteiger partial charge on any atom is -0.392 e. The van der Waals surface area contributed by atoms with E-state index in [1.54, 1.807) is 0 Å². The van der Waals surface area contributed by atoms with Crippen LogP contribution >= 0.6 is 0 Å². The Morgan fingerprint density at radius 2 is 1.83 bits per heavy atom. The minimum atomic E-state index is 0.0837. The molecule has 1 aliphatic carbocycles. The summed E-state index contributed by atoms with van der Waals surface area (Å²) in [6.07, 6.45) is 6.64. The first-order chi connectivity index (χ1) is 8.90. The fraction of sp³-hybridized carbons (Fsp3) is 0.312. The third-order valence-electron chi connectivity index (χ3n) is 3.72. The number of aliphatic hydroxyl groups is 1. The van der Waals surface area contributed by atoms with Crippen LogP contribution in [0, 0.1) is 0 Å². The molecule has 92 valence electrons. The third kappa shape index (κ3) is 1.93. The Bertz CT molecular complexity index is 549. The van der Waals surface area contributed by atoms with Crippen molar-refractivity contribution >= 4 is 0 Å². The molecule has 2 nitrogen and oxygen atoms in total. The zero-order chi connectivity index (χ0) is 12.4. The summed E-state index contributed by atoms with van der Waals surface area (Å²) >= 11 is 0. The van der Waals surface area contributed by atoms with Gasteiger partial charge in [0, 0.05) is 17.3 Å². The Morgan fingerprint density at radius 3 is 2.61 bits per heavy atom. The highest BCUT2D eigenvalue weighted by atomic mass is 16.3. The normalized spacial score (nSPS) is 14.3. The number of benzene rings is 1. The van der Waals surface area contributed by atoms with Gasteiger partial charge >= 0.3 is 0 Å². The number of aromatic nitrogens is 1. The van der Waals surface area contributed by atoms with Crippen molar-refractivity contribution in [3.8, 4) is 11.3 Å². The highest BCUT2D eigenvalue weighted by Crippen LogP contribution is 2.30. The maximum absolute atomic E-state index is 9.70. The Hall–Kier alpha value is -1.67. The van der Waals surface area contributed by atoms with Crippen LogP contribution in [0.15, 0.2) is 36.5 Å². The monoisotopic (exact) mass is 239 g/mol. The summed E-state index contributed by atoms with van der Waals surface area (Å²) in [7, 11) is 0. The van der Waals surface area contributed by atoms with E-state index in [1.807, 2.05) is 24.4 Å².